The number of carbonyl (C=O) groups is 2. The Balaban J connectivity index is 1.38. The first-order chi connectivity index (χ1) is 16.8. The van der Waals surface area contributed by atoms with E-state index in [2.05, 4.69) is 34.4 Å². The first-order valence-corrected chi connectivity index (χ1v) is 11.6. The van der Waals surface area contributed by atoms with Gasteiger partial charge in [0, 0.05) is 37.1 Å². The van der Waals surface area contributed by atoms with Gasteiger partial charge >= 0.3 is 0 Å². The molecule has 2 unspecified atom stereocenters. The molecule has 2 heterocycles. The van der Waals surface area contributed by atoms with Gasteiger partial charge in [-0.05, 0) is 62.2 Å². The normalized spacial score (nSPS) is 17.7. The molecule has 0 spiro atoms. The number of benzene rings is 2. The average molecular weight is 477 g/mol. The fourth-order valence-electron chi connectivity index (χ4n) is 4.09. The van der Waals surface area contributed by atoms with E-state index in [1.807, 2.05) is 19.1 Å². The molecule has 8 heteroatoms. The van der Waals surface area contributed by atoms with Gasteiger partial charge in [0.25, 0.3) is 11.8 Å². The van der Waals surface area contributed by atoms with Crippen molar-refractivity contribution in [3.8, 4) is 0 Å². The Kier molecular flexibility index (Phi) is 7.41. The Labute approximate surface area is 204 Å². The van der Waals surface area contributed by atoms with Crippen LogP contribution in [-0.2, 0) is 11.3 Å². The van der Waals surface area contributed by atoms with Crippen molar-refractivity contribution in [1.29, 1.82) is 0 Å². The maximum Gasteiger partial charge on any atom is 0.258 e. The summed E-state index contributed by atoms with van der Waals surface area (Å²) in [7, 11) is 0. The van der Waals surface area contributed by atoms with Crippen molar-refractivity contribution in [2.75, 3.05) is 23.3 Å². The second-order valence-electron chi connectivity index (χ2n) is 8.83. The number of pyridine rings is 1. The number of halogens is 1. The van der Waals surface area contributed by atoms with Gasteiger partial charge in [-0.2, -0.15) is 0 Å². The van der Waals surface area contributed by atoms with E-state index >= 15 is 0 Å². The summed E-state index contributed by atoms with van der Waals surface area (Å²) in [6.07, 6.45) is 2.06. The topological polar surface area (TPSA) is 83.6 Å². The van der Waals surface area contributed by atoms with Crippen molar-refractivity contribution < 1.29 is 18.7 Å². The van der Waals surface area contributed by atoms with Gasteiger partial charge in [-0.15, -0.1) is 0 Å². The number of nitrogens with one attached hydrogen (secondary N) is 2. The van der Waals surface area contributed by atoms with Gasteiger partial charge in [-0.3, -0.25) is 9.59 Å². The summed E-state index contributed by atoms with van der Waals surface area (Å²) in [5.41, 5.74) is 2.42. The molecule has 1 aliphatic rings. The van der Waals surface area contributed by atoms with E-state index in [1.54, 1.807) is 30.5 Å². The quantitative estimate of drug-likeness (QED) is 0.554. The fourth-order valence-corrected chi connectivity index (χ4v) is 4.09. The molecular weight excluding hydrogens is 447 g/mol. The lowest BCUT2D eigenvalue weighted by Crippen LogP contribution is -2.45. The number of aryl methyl sites for hydroxylation is 1. The Morgan fingerprint density at radius 1 is 1.06 bits per heavy atom. The smallest absolute Gasteiger partial charge is 0.258 e. The minimum Gasteiger partial charge on any atom is -0.372 e. The molecule has 0 radical (unpaired) electrons. The number of carbonyl (C=O) groups excluding carboxylic acids is 2. The maximum atomic E-state index is 13.9. The molecular formula is C27H29FN4O3. The average Bonchev–Trinajstić information content (AvgIpc) is 2.84. The molecule has 1 fully saturated rings. The number of rotatable bonds is 6. The number of nitrogens with zero attached hydrogens (tertiary/aromatic N) is 2. The summed E-state index contributed by atoms with van der Waals surface area (Å²) in [5.74, 6) is -0.574. The lowest BCUT2D eigenvalue weighted by atomic mass is 10.1. The number of aromatic nitrogens is 1. The SMILES string of the molecule is Cc1ccc(C(=O)NCc2ccc(N3CC(C)OC(C)C3)nc2)cc1NC(=O)c1ccccc1F. The van der Waals surface area contributed by atoms with E-state index < -0.39 is 11.7 Å². The zero-order chi connectivity index (χ0) is 24.9. The van der Waals surface area contributed by atoms with E-state index in [0.29, 0.717) is 17.8 Å². The lowest BCUT2D eigenvalue weighted by molar-refractivity contribution is -0.00546. The molecule has 0 bridgehead atoms. The van der Waals surface area contributed by atoms with Crippen LogP contribution in [0, 0.1) is 12.7 Å². The standard InChI is InChI=1S/C27H29FN4O3/c1-17-8-10-21(12-24(17)31-27(34)22-6-4-5-7-23(22)28)26(33)30-14-20-9-11-25(29-13-20)32-15-18(2)35-19(3)16-32/h4-13,18-19H,14-16H2,1-3H3,(H,30,33)(H,31,34). The van der Waals surface area contributed by atoms with E-state index in [1.165, 1.54) is 18.2 Å². The van der Waals surface area contributed by atoms with Crippen molar-refractivity contribution in [1.82, 2.24) is 10.3 Å². The van der Waals surface area contributed by atoms with Gasteiger partial charge in [-0.25, -0.2) is 9.37 Å². The number of ether oxygens (including phenoxy) is 1. The molecule has 1 aliphatic heterocycles. The van der Waals surface area contributed by atoms with Crippen LogP contribution >= 0.6 is 0 Å². The molecule has 2 N–H and O–H groups in total. The van der Waals surface area contributed by atoms with Crippen LogP contribution in [0.5, 0.6) is 0 Å². The van der Waals surface area contributed by atoms with E-state index in [-0.39, 0.29) is 23.7 Å². The third-order valence-corrected chi connectivity index (χ3v) is 5.87. The van der Waals surface area contributed by atoms with Crippen LogP contribution in [0.4, 0.5) is 15.9 Å². The minimum absolute atomic E-state index is 0.0568. The van der Waals surface area contributed by atoms with Gasteiger partial charge in [0.15, 0.2) is 0 Å². The lowest BCUT2D eigenvalue weighted by Gasteiger charge is -2.36. The van der Waals surface area contributed by atoms with Crippen LogP contribution in [0.1, 0.15) is 45.7 Å². The number of morpholine rings is 1. The number of anilines is 2. The first-order valence-electron chi connectivity index (χ1n) is 11.6. The van der Waals surface area contributed by atoms with Crippen molar-refractivity contribution in [2.45, 2.75) is 39.5 Å². The molecule has 2 aromatic carbocycles. The molecule has 0 saturated carbocycles. The number of hydrogen-bond donors (Lipinski definition) is 2. The Morgan fingerprint density at radius 3 is 2.49 bits per heavy atom. The molecule has 2 atom stereocenters. The maximum absolute atomic E-state index is 13.9. The predicted molar refractivity (Wildman–Crippen MR) is 133 cm³/mol. The number of amides is 2. The van der Waals surface area contributed by atoms with Crippen molar-refractivity contribution in [2.24, 2.45) is 0 Å². The highest BCUT2D eigenvalue weighted by Crippen LogP contribution is 2.20. The monoisotopic (exact) mass is 476 g/mol. The van der Waals surface area contributed by atoms with Crippen LogP contribution in [0.2, 0.25) is 0 Å². The summed E-state index contributed by atoms with van der Waals surface area (Å²) >= 11 is 0. The van der Waals surface area contributed by atoms with Crippen LogP contribution in [-0.4, -0.2) is 42.1 Å². The Hall–Kier alpha value is -3.78. The van der Waals surface area contributed by atoms with E-state index in [0.717, 1.165) is 30.0 Å². The largest absolute Gasteiger partial charge is 0.372 e. The minimum atomic E-state index is -0.603. The zero-order valence-electron chi connectivity index (χ0n) is 20.0. The van der Waals surface area contributed by atoms with E-state index in [4.69, 9.17) is 4.74 Å². The molecule has 2 amide bonds. The molecule has 1 aromatic heterocycles. The van der Waals surface area contributed by atoms with Crippen molar-refractivity contribution in [3.05, 3.63) is 88.9 Å². The van der Waals surface area contributed by atoms with Crippen molar-refractivity contribution in [3.63, 3.8) is 0 Å². The summed E-state index contributed by atoms with van der Waals surface area (Å²) < 4.78 is 19.7. The highest BCUT2D eigenvalue weighted by Gasteiger charge is 2.23. The highest BCUT2D eigenvalue weighted by molar-refractivity contribution is 6.05. The molecule has 1 saturated heterocycles. The van der Waals surface area contributed by atoms with Crippen LogP contribution in [0.3, 0.4) is 0 Å². The second-order valence-corrected chi connectivity index (χ2v) is 8.83. The van der Waals surface area contributed by atoms with Gasteiger partial charge in [0.1, 0.15) is 11.6 Å². The van der Waals surface area contributed by atoms with Gasteiger partial charge in [0.2, 0.25) is 0 Å². The number of hydrogen-bond acceptors (Lipinski definition) is 5. The molecule has 35 heavy (non-hydrogen) atoms. The molecule has 7 nitrogen and oxygen atoms in total. The third kappa shape index (κ3) is 6.02. The van der Waals surface area contributed by atoms with E-state index in [9.17, 15) is 14.0 Å². The molecule has 182 valence electrons. The third-order valence-electron chi connectivity index (χ3n) is 5.87. The predicted octanol–water partition coefficient (Wildman–Crippen LogP) is 4.33. The fraction of sp³-hybridized carbons (Fsp3) is 0.296. The summed E-state index contributed by atoms with van der Waals surface area (Å²) in [6, 6.07) is 14.7. The molecule has 3 aromatic rings. The van der Waals surface area contributed by atoms with Gasteiger partial charge < -0.3 is 20.3 Å². The van der Waals surface area contributed by atoms with Crippen LogP contribution < -0.4 is 15.5 Å². The second kappa shape index (κ2) is 10.7. The molecule has 0 aliphatic carbocycles. The van der Waals surface area contributed by atoms with Gasteiger partial charge in [-0.1, -0.05) is 24.3 Å². The summed E-state index contributed by atoms with van der Waals surface area (Å²) in [5, 5.41) is 5.58. The Bertz CT molecular complexity index is 1210. The van der Waals surface area contributed by atoms with Crippen LogP contribution in [0.25, 0.3) is 0 Å². The highest BCUT2D eigenvalue weighted by atomic mass is 19.1. The molecule has 4 rings (SSSR count). The zero-order valence-corrected chi connectivity index (χ0v) is 20.0. The Morgan fingerprint density at radius 2 is 1.80 bits per heavy atom. The summed E-state index contributed by atoms with van der Waals surface area (Å²) in [4.78, 5) is 32.0. The van der Waals surface area contributed by atoms with Crippen molar-refractivity contribution >= 4 is 23.3 Å². The summed E-state index contributed by atoms with van der Waals surface area (Å²) in [6.45, 7) is 7.80. The van der Waals surface area contributed by atoms with Gasteiger partial charge in [0.05, 0.1) is 17.8 Å². The van der Waals surface area contributed by atoms with Crippen LogP contribution in [0.15, 0.2) is 60.8 Å². The first kappa shape index (κ1) is 24.3.